The van der Waals surface area contributed by atoms with Gasteiger partial charge < -0.3 is 61.4 Å². The lowest BCUT2D eigenvalue weighted by Crippen LogP contribution is -2.59. The summed E-state index contributed by atoms with van der Waals surface area (Å²) in [6.45, 7) is 20.5. The number of Topliss-reactive ketones (excluding diaryl/α,β-unsaturated/α-hetero) is 2. The third-order valence-electron chi connectivity index (χ3n) is 18.3. The maximum Gasteiger partial charge on any atom is 0.312 e. The summed E-state index contributed by atoms with van der Waals surface area (Å²) in [5, 5.41) is 17.0. The molecule has 1 aromatic rings. The Balaban J connectivity index is 1.59. The summed E-state index contributed by atoms with van der Waals surface area (Å²) >= 11 is 0. The molecule has 0 bridgehead atoms. The Morgan fingerprint density at radius 2 is 1.38 bits per heavy atom. The molecular weight excluding hydrogens is 1130 g/mol. The molecule has 0 spiro atoms. The lowest BCUT2D eigenvalue weighted by atomic mass is 9.88. The molecule has 10 atom stereocenters. The van der Waals surface area contributed by atoms with Crippen LogP contribution in [-0.2, 0) is 59.2 Å². The van der Waals surface area contributed by atoms with Crippen molar-refractivity contribution < 1.29 is 61.9 Å². The number of ketones is 2. The zero-order chi connectivity index (χ0) is 66.2. The minimum Gasteiger partial charge on any atom is -0.379 e. The highest BCUT2D eigenvalue weighted by Crippen LogP contribution is 2.31. The van der Waals surface area contributed by atoms with Gasteiger partial charge in [-0.2, -0.15) is 0 Å². The smallest absolute Gasteiger partial charge is 0.312 e. The van der Waals surface area contributed by atoms with Crippen LogP contribution in [0.15, 0.2) is 24.3 Å². The third-order valence-corrected chi connectivity index (χ3v) is 18.3. The fourth-order valence-corrected chi connectivity index (χ4v) is 12.8. The van der Waals surface area contributed by atoms with Crippen LogP contribution >= 0.6 is 0 Å². The first-order valence-electron chi connectivity index (χ1n) is 32.1. The van der Waals surface area contributed by atoms with Gasteiger partial charge in [0.2, 0.25) is 41.4 Å². The highest BCUT2D eigenvalue weighted by atomic mass is 16.5. The van der Waals surface area contributed by atoms with Crippen molar-refractivity contribution >= 4 is 64.6 Å². The van der Waals surface area contributed by atoms with Crippen LogP contribution in [0.3, 0.4) is 0 Å². The van der Waals surface area contributed by atoms with Crippen LogP contribution < -0.4 is 37.6 Å². The Hall–Kier alpha value is -6.04. The Morgan fingerprint density at radius 1 is 0.739 bits per heavy atom. The highest BCUT2D eigenvalue weighted by Gasteiger charge is 2.44. The third kappa shape index (κ3) is 23.4. The first kappa shape index (κ1) is 76.2. The van der Waals surface area contributed by atoms with Gasteiger partial charge in [0.1, 0.15) is 11.8 Å². The molecule has 2 fully saturated rings. The maximum absolute atomic E-state index is 14.4. The number of amides is 9. The first-order valence-corrected chi connectivity index (χ1v) is 32.1. The number of carbonyl (C=O) groups excluding carboxylic acids is 10. The van der Waals surface area contributed by atoms with Gasteiger partial charge in [-0.15, -0.1) is 0 Å². The molecule has 2 aliphatic heterocycles. The predicted octanol–water partition coefficient (Wildman–Crippen LogP) is 4.79. The van der Waals surface area contributed by atoms with Crippen LogP contribution in [0.25, 0.3) is 0 Å². The molecule has 0 saturated carbocycles. The minimum absolute atomic E-state index is 0.00789. The molecule has 2 aliphatic rings. The van der Waals surface area contributed by atoms with Crippen LogP contribution in [0.2, 0.25) is 0 Å². The van der Waals surface area contributed by atoms with Gasteiger partial charge in [-0.05, 0) is 81.1 Å². The molecule has 1 aromatic carbocycles. The number of urea groups is 1. The topological polar surface area (TPSA) is 297 Å². The number of piperidine rings is 1. The number of likely N-dealkylation sites (N-methyl/N-ethyl adjacent to an activating group) is 2. The Morgan fingerprint density at radius 3 is 1.92 bits per heavy atom. The first-order chi connectivity index (χ1) is 41.4. The standard InChI is InChI=1S/C65H111N11O12/c1-17-43(8)59(74(13)64(85)57(41(4)5)72-63(84)58(42(6)7)73(11)12)52(87-15)38-55(81)75-33-19-22-49(75)60(88-16)44(9)50(77)28-29-53(79)69-39-45-24-26-48(27-25-45)70-62(83)47(21-18-32-68-65(66)86)37-51(78)56(40(2)3)71-54(80)23-20-34-76(14)35-30-46(31-36-76)61(82)67-10/h24-27,40-44,46-47,49,52,56-60H,17-23,28-39H2,1-16H3,(H7-,66,67,68,69,70,71,72,79,80,82,83,84,86)/p+1/t43-,44-,46?,47+,49-,52+,56-,57-,58-,59-,60+,76?/m0/s1. The van der Waals surface area contributed by atoms with Crippen molar-refractivity contribution in [1.82, 2.24) is 41.3 Å². The van der Waals surface area contributed by atoms with Crippen molar-refractivity contribution in [1.29, 1.82) is 0 Å². The minimum atomic E-state index is -0.818. The number of rotatable bonds is 38. The van der Waals surface area contributed by atoms with Crippen molar-refractivity contribution in [2.24, 2.45) is 47.2 Å². The van der Waals surface area contributed by atoms with Crippen LogP contribution in [0.1, 0.15) is 151 Å². The number of ether oxygens (including phenoxy) is 2. The summed E-state index contributed by atoms with van der Waals surface area (Å²) in [4.78, 5) is 139. The SMILES string of the molecule is CC[C@H](C)[C@@H]([C@@H](CC(=O)N1CCC[C@H]1[C@H](OC)[C@@H](C)C(=O)CCC(=O)NCc1ccc(NC(=O)[C@H](CCCNC(N)=O)CC(=O)[C@@H](NC(=O)CCC[N+]2(C)CCC(C(=O)NC)CC2)C(C)C)cc1)OC)N(C)C(=O)[C@@H](NC(=O)[C@H](C(C)C)N(C)C)C(C)C. The number of hydrogen-bond acceptors (Lipinski definition) is 13. The molecular formula is C65H112N11O12+. The number of nitrogens with two attached hydrogens (primary N) is 1. The lowest BCUT2D eigenvalue weighted by Gasteiger charge is -2.41. The number of nitrogens with zero attached hydrogens (tertiary/aromatic N) is 4. The number of carbonyl (C=O) groups is 10. The Bertz CT molecular complexity index is 2440. The zero-order valence-corrected chi connectivity index (χ0v) is 56.1. The van der Waals surface area contributed by atoms with Crippen molar-refractivity contribution in [2.45, 2.75) is 195 Å². The van der Waals surface area contributed by atoms with E-state index in [-0.39, 0.29) is 128 Å². The molecule has 23 nitrogen and oxygen atoms in total. The maximum atomic E-state index is 14.4. The lowest BCUT2D eigenvalue weighted by molar-refractivity contribution is -0.915. The fourth-order valence-electron chi connectivity index (χ4n) is 12.8. The van der Waals surface area contributed by atoms with Gasteiger partial charge in [-0.1, -0.05) is 80.9 Å². The van der Waals surface area contributed by atoms with Gasteiger partial charge >= 0.3 is 6.03 Å². The van der Waals surface area contributed by atoms with E-state index in [1.807, 2.05) is 74.4 Å². The number of anilines is 1. The van der Waals surface area contributed by atoms with E-state index in [1.165, 1.54) is 14.2 Å². The number of quaternary nitrogens is 1. The summed E-state index contributed by atoms with van der Waals surface area (Å²) in [5.41, 5.74) is 6.46. The van der Waals surface area contributed by atoms with Gasteiger partial charge in [0.25, 0.3) is 0 Å². The average Bonchev–Trinajstić information content (AvgIpc) is 3.98. The van der Waals surface area contributed by atoms with E-state index in [2.05, 4.69) is 38.9 Å². The van der Waals surface area contributed by atoms with Gasteiger partial charge in [0.15, 0.2) is 5.78 Å². The van der Waals surface area contributed by atoms with E-state index in [0.717, 1.165) is 42.5 Å². The number of hydrogen-bond donors (Lipinski definition) is 7. The monoisotopic (exact) mass is 1240 g/mol. The Kier molecular flexibility index (Phi) is 32.2. The predicted molar refractivity (Wildman–Crippen MR) is 340 cm³/mol. The Labute approximate surface area is 525 Å². The van der Waals surface area contributed by atoms with Crippen molar-refractivity contribution in [3.63, 3.8) is 0 Å². The second-order valence-corrected chi connectivity index (χ2v) is 26.3. The number of benzene rings is 1. The molecule has 0 unspecified atom stereocenters. The zero-order valence-electron chi connectivity index (χ0n) is 56.1. The van der Waals surface area contributed by atoms with Crippen LogP contribution in [0.5, 0.6) is 0 Å². The second-order valence-electron chi connectivity index (χ2n) is 26.3. The van der Waals surface area contributed by atoms with E-state index in [1.54, 1.807) is 55.1 Å². The molecule has 8 N–H and O–H groups in total. The molecule has 2 saturated heterocycles. The fraction of sp³-hybridized carbons (Fsp3) is 0.754. The van der Waals surface area contributed by atoms with Gasteiger partial charge in [0.05, 0.1) is 69.5 Å². The summed E-state index contributed by atoms with van der Waals surface area (Å²) in [6.07, 6.45) is 3.42. The summed E-state index contributed by atoms with van der Waals surface area (Å²) < 4.78 is 12.8. The summed E-state index contributed by atoms with van der Waals surface area (Å²) in [6, 6.07) is 3.18. The number of likely N-dealkylation sites (tertiary alicyclic amines) is 2. The van der Waals surface area contributed by atoms with Gasteiger partial charge in [0, 0.05) is 116 Å². The number of nitrogens with one attached hydrogen (secondary N) is 6. The van der Waals surface area contributed by atoms with Crippen LogP contribution in [-0.4, -0.2) is 203 Å². The van der Waals surface area contributed by atoms with Crippen molar-refractivity contribution in [2.75, 3.05) is 87.5 Å². The quantitative estimate of drug-likeness (QED) is 0.0347. The van der Waals surface area contributed by atoms with Gasteiger partial charge in [-0.25, -0.2) is 4.79 Å². The van der Waals surface area contributed by atoms with Crippen LogP contribution in [0.4, 0.5) is 10.5 Å². The van der Waals surface area contributed by atoms with E-state index >= 15 is 0 Å². The van der Waals surface area contributed by atoms with Crippen molar-refractivity contribution in [3.05, 3.63) is 29.8 Å². The van der Waals surface area contributed by atoms with Crippen LogP contribution in [0, 0.1) is 41.4 Å². The largest absolute Gasteiger partial charge is 0.379 e. The molecule has 498 valence electrons. The van der Waals surface area contributed by atoms with E-state index in [0.29, 0.717) is 44.3 Å². The molecule has 3 rings (SSSR count). The molecule has 0 aliphatic carbocycles. The molecule has 0 radical (unpaired) electrons. The molecule has 0 aromatic heterocycles. The highest BCUT2D eigenvalue weighted by molar-refractivity contribution is 5.97. The summed E-state index contributed by atoms with van der Waals surface area (Å²) in [7, 11) is 12.2. The number of primary amides is 1. The normalized spacial score (nSPS) is 20.0. The van der Waals surface area contributed by atoms with E-state index in [9.17, 15) is 47.9 Å². The van der Waals surface area contributed by atoms with Gasteiger partial charge in [-0.3, -0.25) is 48.1 Å². The molecule has 2 heterocycles. The van der Waals surface area contributed by atoms with E-state index in [4.69, 9.17) is 15.2 Å². The summed E-state index contributed by atoms with van der Waals surface area (Å²) in [5.74, 6) is -4.05. The number of methoxy groups -OCH3 is 2. The van der Waals surface area contributed by atoms with E-state index < -0.39 is 66.2 Å². The van der Waals surface area contributed by atoms with Crippen molar-refractivity contribution in [3.8, 4) is 0 Å². The molecule has 9 amide bonds. The second kappa shape index (κ2) is 37.2. The molecule has 88 heavy (non-hydrogen) atoms. The molecule has 23 heteroatoms. The average molecular weight is 1240 g/mol.